The first-order valence-electron chi connectivity index (χ1n) is 7.00. The Morgan fingerprint density at radius 3 is 2.70 bits per heavy atom. The third-order valence-electron chi connectivity index (χ3n) is 3.41. The predicted octanol–water partition coefficient (Wildman–Crippen LogP) is 3.69. The van der Waals surface area contributed by atoms with Crippen molar-refractivity contribution in [2.45, 2.75) is 18.9 Å². The molecule has 1 heterocycles. The highest BCUT2D eigenvalue weighted by atomic mass is 35.5. The third-order valence-corrected chi connectivity index (χ3v) is 4.84. The molecule has 0 atom stereocenters. The standard InChI is InChI=1S/C15H13Cl2N3O2S/c16-11-4-1-9(7-12(11)17)14(22)20(10-2-3-10)8-13(21)19-15-18-5-6-23-15/h1,4-7,10H,2-3,8H2,(H,18,19,21). The minimum atomic E-state index is -0.264. The van der Waals surface area contributed by atoms with Gasteiger partial charge in [0, 0.05) is 23.2 Å². The van der Waals surface area contributed by atoms with Gasteiger partial charge < -0.3 is 10.2 Å². The van der Waals surface area contributed by atoms with Crippen LogP contribution in [0.2, 0.25) is 10.0 Å². The first-order valence-corrected chi connectivity index (χ1v) is 8.63. The van der Waals surface area contributed by atoms with E-state index < -0.39 is 0 Å². The van der Waals surface area contributed by atoms with Crippen molar-refractivity contribution < 1.29 is 9.59 Å². The minimum absolute atomic E-state index is 0.0106. The Bertz CT molecular complexity index is 732. The summed E-state index contributed by atoms with van der Waals surface area (Å²) < 4.78 is 0. The minimum Gasteiger partial charge on any atom is -0.326 e. The summed E-state index contributed by atoms with van der Waals surface area (Å²) >= 11 is 13.2. The van der Waals surface area contributed by atoms with Gasteiger partial charge in [-0.25, -0.2) is 4.98 Å². The number of anilines is 1. The molecule has 0 saturated heterocycles. The Hall–Kier alpha value is -1.63. The fourth-order valence-electron chi connectivity index (χ4n) is 2.15. The summed E-state index contributed by atoms with van der Waals surface area (Å²) in [6.07, 6.45) is 3.41. The van der Waals surface area contributed by atoms with Crippen LogP contribution < -0.4 is 5.32 Å². The SMILES string of the molecule is O=C(CN(C(=O)c1ccc(Cl)c(Cl)c1)C1CC1)Nc1nccs1. The van der Waals surface area contributed by atoms with Crippen LogP contribution in [0.15, 0.2) is 29.8 Å². The molecule has 2 amide bonds. The molecule has 0 radical (unpaired) electrons. The van der Waals surface area contributed by atoms with E-state index >= 15 is 0 Å². The number of thiazole rings is 1. The zero-order valence-electron chi connectivity index (χ0n) is 12.0. The highest BCUT2D eigenvalue weighted by Crippen LogP contribution is 2.30. The van der Waals surface area contributed by atoms with E-state index in [-0.39, 0.29) is 24.4 Å². The van der Waals surface area contributed by atoms with Gasteiger partial charge in [-0.2, -0.15) is 0 Å². The van der Waals surface area contributed by atoms with Crippen molar-refractivity contribution in [1.82, 2.24) is 9.88 Å². The lowest BCUT2D eigenvalue weighted by Crippen LogP contribution is -2.39. The number of nitrogens with one attached hydrogen (secondary N) is 1. The molecule has 1 aromatic carbocycles. The van der Waals surface area contributed by atoms with E-state index in [0.29, 0.717) is 20.7 Å². The molecule has 1 saturated carbocycles. The highest BCUT2D eigenvalue weighted by molar-refractivity contribution is 7.13. The number of hydrogen-bond acceptors (Lipinski definition) is 4. The summed E-state index contributed by atoms with van der Waals surface area (Å²) in [7, 11) is 0. The van der Waals surface area contributed by atoms with Gasteiger partial charge in [0.25, 0.3) is 5.91 Å². The molecule has 120 valence electrons. The molecule has 0 unspecified atom stereocenters. The normalized spacial score (nSPS) is 13.7. The topological polar surface area (TPSA) is 62.3 Å². The predicted molar refractivity (Wildman–Crippen MR) is 91.3 cm³/mol. The van der Waals surface area contributed by atoms with Crippen LogP contribution in [-0.2, 0) is 4.79 Å². The van der Waals surface area contributed by atoms with Crippen molar-refractivity contribution >= 4 is 51.5 Å². The van der Waals surface area contributed by atoms with E-state index in [1.54, 1.807) is 28.6 Å². The molecule has 2 aromatic rings. The van der Waals surface area contributed by atoms with Crippen molar-refractivity contribution in [3.63, 3.8) is 0 Å². The molecule has 23 heavy (non-hydrogen) atoms. The molecule has 3 rings (SSSR count). The summed E-state index contributed by atoms with van der Waals surface area (Å²) in [5.41, 5.74) is 0.424. The molecule has 0 spiro atoms. The third kappa shape index (κ3) is 4.02. The zero-order chi connectivity index (χ0) is 16.4. The van der Waals surface area contributed by atoms with E-state index in [4.69, 9.17) is 23.2 Å². The van der Waals surface area contributed by atoms with Crippen LogP contribution in [-0.4, -0.2) is 34.3 Å². The molecular formula is C15H13Cl2N3O2S. The number of nitrogens with zero attached hydrogens (tertiary/aromatic N) is 2. The van der Waals surface area contributed by atoms with Crippen LogP contribution in [0.5, 0.6) is 0 Å². The lowest BCUT2D eigenvalue weighted by Gasteiger charge is -2.21. The number of carbonyl (C=O) groups is 2. The van der Waals surface area contributed by atoms with Crippen LogP contribution >= 0.6 is 34.5 Å². The second-order valence-electron chi connectivity index (χ2n) is 5.18. The fraction of sp³-hybridized carbons (Fsp3) is 0.267. The van der Waals surface area contributed by atoms with Gasteiger partial charge in [0.1, 0.15) is 6.54 Å². The average Bonchev–Trinajstić information content (AvgIpc) is 3.24. The van der Waals surface area contributed by atoms with E-state index in [1.165, 1.54) is 17.4 Å². The Morgan fingerprint density at radius 2 is 2.09 bits per heavy atom. The van der Waals surface area contributed by atoms with Gasteiger partial charge >= 0.3 is 0 Å². The fourth-order valence-corrected chi connectivity index (χ4v) is 2.99. The Morgan fingerprint density at radius 1 is 1.30 bits per heavy atom. The van der Waals surface area contributed by atoms with Crippen molar-refractivity contribution in [2.75, 3.05) is 11.9 Å². The number of hydrogen-bond donors (Lipinski definition) is 1. The van der Waals surface area contributed by atoms with Crippen molar-refractivity contribution in [2.24, 2.45) is 0 Å². The maximum Gasteiger partial charge on any atom is 0.254 e. The Labute approximate surface area is 147 Å². The second-order valence-corrected chi connectivity index (χ2v) is 6.89. The first kappa shape index (κ1) is 16.2. The van der Waals surface area contributed by atoms with E-state index in [0.717, 1.165) is 12.8 Å². The lowest BCUT2D eigenvalue weighted by atomic mass is 10.2. The number of halogens is 2. The van der Waals surface area contributed by atoms with Crippen molar-refractivity contribution in [3.05, 3.63) is 45.4 Å². The monoisotopic (exact) mass is 369 g/mol. The quantitative estimate of drug-likeness (QED) is 0.873. The lowest BCUT2D eigenvalue weighted by molar-refractivity contribution is -0.117. The maximum absolute atomic E-state index is 12.7. The van der Waals surface area contributed by atoms with Crippen LogP contribution in [0.3, 0.4) is 0 Å². The molecular weight excluding hydrogens is 357 g/mol. The van der Waals surface area contributed by atoms with E-state index in [2.05, 4.69) is 10.3 Å². The molecule has 1 fully saturated rings. The Balaban J connectivity index is 1.72. The van der Waals surface area contributed by atoms with Crippen LogP contribution in [0, 0.1) is 0 Å². The summed E-state index contributed by atoms with van der Waals surface area (Å²) in [6.45, 7) is -0.0106. The molecule has 8 heteroatoms. The Kier molecular flexibility index (Phi) is 4.84. The number of rotatable bonds is 5. The van der Waals surface area contributed by atoms with Gasteiger partial charge in [-0.15, -0.1) is 11.3 Å². The highest BCUT2D eigenvalue weighted by Gasteiger charge is 2.34. The van der Waals surface area contributed by atoms with Gasteiger partial charge in [0.15, 0.2) is 5.13 Å². The summed E-state index contributed by atoms with van der Waals surface area (Å²) in [5, 5.41) is 5.69. The molecule has 1 aliphatic rings. The molecule has 0 aliphatic heterocycles. The zero-order valence-corrected chi connectivity index (χ0v) is 14.3. The number of aromatic nitrogens is 1. The van der Waals surface area contributed by atoms with E-state index in [1.807, 2.05) is 0 Å². The average molecular weight is 370 g/mol. The van der Waals surface area contributed by atoms with Gasteiger partial charge in [-0.1, -0.05) is 23.2 Å². The maximum atomic E-state index is 12.7. The van der Waals surface area contributed by atoms with Crippen LogP contribution in [0.4, 0.5) is 5.13 Å². The van der Waals surface area contributed by atoms with Gasteiger partial charge in [0.2, 0.25) is 5.91 Å². The second kappa shape index (κ2) is 6.86. The summed E-state index contributed by atoms with van der Waals surface area (Å²) in [5.74, 6) is -0.486. The van der Waals surface area contributed by atoms with Crippen molar-refractivity contribution in [3.8, 4) is 0 Å². The number of amides is 2. The van der Waals surface area contributed by atoms with Gasteiger partial charge in [0.05, 0.1) is 10.0 Å². The van der Waals surface area contributed by atoms with Crippen molar-refractivity contribution in [1.29, 1.82) is 0 Å². The first-order chi connectivity index (χ1) is 11.0. The summed E-state index contributed by atoms with van der Waals surface area (Å²) in [4.78, 5) is 30.4. The molecule has 1 N–H and O–H groups in total. The molecule has 1 aromatic heterocycles. The molecule has 1 aliphatic carbocycles. The molecule has 5 nitrogen and oxygen atoms in total. The van der Waals surface area contributed by atoms with E-state index in [9.17, 15) is 9.59 Å². The van der Waals surface area contributed by atoms with Gasteiger partial charge in [-0.3, -0.25) is 9.59 Å². The number of carbonyl (C=O) groups excluding carboxylic acids is 2. The summed E-state index contributed by atoms with van der Waals surface area (Å²) in [6, 6.07) is 4.82. The van der Waals surface area contributed by atoms with Gasteiger partial charge in [-0.05, 0) is 31.0 Å². The van der Waals surface area contributed by atoms with Crippen LogP contribution in [0.25, 0.3) is 0 Å². The molecule has 0 bridgehead atoms. The smallest absolute Gasteiger partial charge is 0.254 e. The largest absolute Gasteiger partial charge is 0.326 e. The number of benzene rings is 1. The van der Waals surface area contributed by atoms with Crippen LogP contribution in [0.1, 0.15) is 23.2 Å².